The first-order valence-electron chi connectivity index (χ1n) is 6.22. The van der Waals surface area contributed by atoms with Gasteiger partial charge in [-0.2, -0.15) is 0 Å². The number of rotatable bonds is 3. The second-order valence-electron chi connectivity index (χ2n) is 4.29. The summed E-state index contributed by atoms with van der Waals surface area (Å²) in [5.41, 5.74) is 2.84. The molecule has 0 fully saturated rings. The average molecular weight is 289 g/mol. The average Bonchev–Trinajstić information content (AvgIpc) is 2.45. The zero-order valence-electron chi connectivity index (χ0n) is 11.1. The maximum atomic E-state index is 13.3. The van der Waals surface area contributed by atoms with Crippen molar-refractivity contribution >= 4 is 11.6 Å². The fourth-order valence-electron chi connectivity index (χ4n) is 1.78. The van der Waals surface area contributed by atoms with Gasteiger partial charge in [-0.3, -0.25) is 0 Å². The van der Waals surface area contributed by atoms with Gasteiger partial charge in [0.15, 0.2) is 0 Å². The minimum Gasteiger partial charge on any atom is -0.487 e. The smallest absolute Gasteiger partial charge is 0.138 e. The van der Waals surface area contributed by atoms with Crippen LogP contribution in [0, 0.1) is 24.6 Å². The van der Waals surface area contributed by atoms with Crippen LogP contribution in [0.15, 0.2) is 42.5 Å². The predicted molar refractivity (Wildman–Crippen MR) is 79.5 cm³/mol. The Morgan fingerprint density at radius 3 is 2.75 bits per heavy atom. The maximum Gasteiger partial charge on any atom is 0.138 e. The van der Waals surface area contributed by atoms with Crippen LogP contribution in [0.3, 0.4) is 0 Å². The van der Waals surface area contributed by atoms with Crippen LogP contribution >= 0.6 is 11.6 Å². The van der Waals surface area contributed by atoms with Crippen molar-refractivity contribution in [2.45, 2.75) is 13.5 Å². The summed E-state index contributed by atoms with van der Waals surface area (Å²) in [5.74, 6) is 5.94. The lowest BCUT2D eigenvalue weighted by atomic mass is 10.1. The molecule has 0 radical (unpaired) electrons. The molecule has 0 bridgehead atoms. The van der Waals surface area contributed by atoms with E-state index in [2.05, 4.69) is 11.8 Å². The van der Waals surface area contributed by atoms with Crippen LogP contribution in [0.2, 0.25) is 0 Å². The van der Waals surface area contributed by atoms with Gasteiger partial charge in [0.1, 0.15) is 18.2 Å². The Balaban J connectivity index is 2.20. The molecule has 0 aliphatic rings. The summed E-state index contributed by atoms with van der Waals surface area (Å²) in [4.78, 5) is 0. The molecule has 0 N–H and O–H groups in total. The molecule has 102 valence electrons. The molecule has 0 heterocycles. The molecule has 3 heteroatoms. The second-order valence-corrected chi connectivity index (χ2v) is 4.56. The van der Waals surface area contributed by atoms with Crippen LogP contribution in [-0.2, 0) is 6.61 Å². The van der Waals surface area contributed by atoms with Crippen LogP contribution < -0.4 is 4.74 Å². The Morgan fingerprint density at radius 1 is 1.20 bits per heavy atom. The van der Waals surface area contributed by atoms with Crippen LogP contribution in [0.4, 0.5) is 4.39 Å². The molecule has 2 aromatic carbocycles. The normalized spacial score (nSPS) is 9.75. The first-order chi connectivity index (χ1) is 9.70. The number of ether oxygens (including phenoxy) is 1. The highest BCUT2D eigenvalue weighted by Gasteiger charge is 2.05. The highest BCUT2D eigenvalue weighted by Crippen LogP contribution is 2.21. The van der Waals surface area contributed by atoms with E-state index in [1.165, 1.54) is 12.1 Å². The topological polar surface area (TPSA) is 9.23 Å². The number of hydrogen-bond donors (Lipinski definition) is 0. The SMILES string of the molecule is Cc1ccccc1COc1cc(F)ccc1C#CCCl. The van der Waals surface area contributed by atoms with Gasteiger partial charge in [-0.1, -0.05) is 36.1 Å². The summed E-state index contributed by atoms with van der Waals surface area (Å²) in [6.45, 7) is 2.39. The fraction of sp³-hybridized carbons (Fsp3) is 0.176. The zero-order chi connectivity index (χ0) is 14.4. The highest BCUT2D eigenvalue weighted by molar-refractivity contribution is 6.19. The van der Waals surface area contributed by atoms with Crippen molar-refractivity contribution in [2.75, 3.05) is 5.88 Å². The van der Waals surface area contributed by atoms with Crippen molar-refractivity contribution in [3.8, 4) is 17.6 Å². The molecule has 0 saturated carbocycles. The largest absolute Gasteiger partial charge is 0.487 e. The lowest BCUT2D eigenvalue weighted by Gasteiger charge is -2.10. The molecule has 2 rings (SSSR count). The first kappa shape index (κ1) is 14.4. The monoisotopic (exact) mass is 288 g/mol. The quantitative estimate of drug-likeness (QED) is 0.604. The van der Waals surface area contributed by atoms with E-state index >= 15 is 0 Å². The van der Waals surface area contributed by atoms with E-state index < -0.39 is 0 Å². The van der Waals surface area contributed by atoms with E-state index in [-0.39, 0.29) is 11.7 Å². The lowest BCUT2D eigenvalue weighted by molar-refractivity contribution is 0.303. The third kappa shape index (κ3) is 3.76. The number of alkyl halides is 1. The lowest BCUT2D eigenvalue weighted by Crippen LogP contribution is -1.99. The molecule has 0 saturated heterocycles. The Hall–Kier alpha value is -1.98. The third-order valence-corrected chi connectivity index (χ3v) is 3.01. The van der Waals surface area contributed by atoms with Crippen molar-refractivity contribution in [1.29, 1.82) is 0 Å². The van der Waals surface area contributed by atoms with Gasteiger partial charge in [0.05, 0.1) is 11.4 Å². The number of benzene rings is 2. The molecule has 0 aromatic heterocycles. The Labute approximate surface area is 123 Å². The van der Waals surface area contributed by atoms with E-state index in [4.69, 9.17) is 16.3 Å². The molecular formula is C17H14ClFO. The Morgan fingerprint density at radius 2 is 2.00 bits per heavy atom. The van der Waals surface area contributed by atoms with Crippen LogP contribution in [0.1, 0.15) is 16.7 Å². The Bertz CT molecular complexity index is 656. The van der Waals surface area contributed by atoms with Gasteiger partial charge in [-0.05, 0) is 30.2 Å². The van der Waals surface area contributed by atoms with Crippen molar-refractivity contribution in [1.82, 2.24) is 0 Å². The van der Waals surface area contributed by atoms with E-state index in [1.807, 2.05) is 31.2 Å². The van der Waals surface area contributed by atoms with Gasteiger partial charge in [0.25, 0.3) is 0 Å². The van der Waals surface area contributed by atoms with Gasteiger partial charge >= 0.3 is 0 Å². The van der Waals surface area contributed by atoms with Gasteiger partial charge in [-0.25, -0.2) is 4.39 Å². The van der Waals surface area contributed by atoms with Crippen LogP contribution in [0.5, 0.6) is 5.75 Å². The zero-order valence-corrected chi connectivity index (χ0v) is 11.9. The number of hydrogen-bond acceptors (Lipinski definition) is 1. The van der Waals surface area contributed by atoms with Crippen molar-refractivity contribution in [2.24, 2.45) is 0 Å². The maximum absolute atomic E-state index is 13.3. The molecular weight excluding hydrogens is 275 g/mol. The molecule has 0 spiro atoms. The molecule has 0 unspecified atom stereocenters. The Kier molecular flexibility index (Phi) is 5.03. The van der Waals surface area contributed by atoms with E-state index in [0.29, 0.717) is 17.9 Å². The van der Waals surface area contributed by atoms with E-state index in [0.717, 1.165) is 11.1 Å². The minimum absolute atomic E-state index is 0.231. The second kappa shape index (κ2) is 6.98. The standard InChI is InChI=1S/C17H14ClFO/c1-13-5-2-3-6-15(13)12-20-17-11-16(19)9-8-14(17)7-4-10-18/h2-3,5-6,8-9,11H,10,12H2,1H3. The van der Waals surface area contributed by atoms with E-state index in [9.17, 15) is 4.39 Å². The molecule has 0 amide bonds. The number of aryl methyl sites for hydroxylation is 1. The number of halogens is 2. The van der Waals surface area contributed by atoms with Gasteiger partial charge < -0.3 is 4.74 Å². The summed E-state index contributed by atoms with van der Waals surface area (Å²) in [6.07, 6.45) is 0. The molecule has 1 nitrogen and oxygen atoms in total. The predicted octanol–water partition coefficient (Wildman–Crippen LogP) is 4.30. The summed E-state index contributed by atoms with van der Waals surface area (Å²) in [5, 5.41) is 0. The van der Waals surface area contributed by atoms with Crippen molar-refractivity contribution < 1.29 is 9.13 Å². The highest BCUT2D eigenvalue weighted by atomic mass is 35.5. The van der Waals surface area contributed by atoms with Gasteiger partial charge in [0, 0.05) is 6.07 Å². The molecule has 0 atom stereocenters. The molecule has 20 heavy (non-hydrogen) atoms. The molecule has 2 aromatic rings. The van der Waals surface area contributed by atoms with Gasteiger partial charge in [0.2, 0.25) is 0 Å². The minimum atomic E-state index is -0.346. The summed E-state index contributed by atoms with van der Waals surface area (Å²) < 4.78 is 19.0. The molecule has 0 aliphatic carbocycles. The van der Waals surface area contributed by atoms with Crippen LogP contribution in [-0.4, -0.2) is 5.88 Å². The van der Waals surface area contributed by atoms with Crippen LogP contribution in [0.25, 0.3) is 0 Å². The first-order valence-corrected chi connectivity index (χ1v) is 6.76. The summed E-state index contributed by atoms with van der Waals surface area (Å²) in [7, 11) is 0. The van der Waals surface area contributed by atoms with Crippen molar-refractivity contribution in [3.05, 3.63) is 65.0 Å². The summed E-state index contributed by atoms with van der Waals surface area (Å²) in [6, 6.07) is 12.2. The fourth-order valence-corrected chi connectivity index (χ4v) is 1.84. The third-order valence-electron chi connectivity index (χ3n) is 2.88. The van der Waals surface area contributed by atoms with Gasteiger partial charge in [-0.15, -0.1) is 11.6 Å². The summed E-state index contributed by atoms with van der Waals surface area (Å²) >= 11 is 5.54. The molecule has 0 aliphatic heterocycles. The van der Waals surface area contributed by atoms with Crippen molar-refractivity contribution in [3.63, 3.8) is 0 Å². The van der Waals surface area contributed by atoms with E-state index in [1.54, 1.807) is 6.07 Å².